The van der Waals surface area contributed by atoms with E-state index in [0.717, 1.165) is 77.9 Å². The third-order valence-corrected chi connectivity index (χ3v) is 7.38. The highest BCUT2D eigenvalue weighted by molar-refractivity contribution is 6.03. The van der Waals surface area contributed by atoms with Crippen molar-refractivity contribution in [1.82, 2.24) is 19.4 Å². The van der Waals surface area contributed by atoms with Gasteiger partial charge in [-0.2, -0.15) is 5.26 Å². The number of fused-ring (bicyclic) bond motifs is 2. The Labute approximate surface area is 233 Å². The normalized spacial score (nSPS) is 13.9. The van der Waals surface area contributed by atoms with E-state index < -0.39 is 0 Å². The fourth-order valence-corrected chi connectivity index (χ4v) is 5.29. The first-order valence-electron chi connectivity index (χ1n) is 13.6. The van der Waals surface area contributed by atoms with E-state index in [-0.39, 0.29) is 0 Å². The van der Waals surface area contributed by atoms with Gasteiger partial charge in [-0.1, -0.05) is 30.3 Å². The molecule has 0 aliphatic carbocycles. The van der Waals surface area contributed by atoms with Gasteiger partial charge in [-0.25, -0.2) is 9.97 Å². The van der Waals surface area contributed by atoms with Crippen LogP contribution in [0.4, 0.5) is 0 Å². The fourth-order valence-electron chi connectivity index (χ4n) is 5.29. The number of hydrogen-bond donors (Lipinski definition) is 0. The molecular weight excluding hydrogens is 502 g/mol. The Bertz CT molecular complexity index is 1670. The molecule has 0 radical (unpaired) electrons. The highest BCUT2D eigenvalue weighted by Crippen LogP contribution is 2.38. The van der Waals surface area contributed by atoms with Gasteiger partial charge in [0.15, 0.2) is 11.5 Å². The summed E-state index contributed by atoms with van der Waals surface area (Å²) < 4.78 is 19.6. The highest BCUT2D eigenvalue weighted by Gasteiger charge is 2.17. The Balaban J connectivity index is 1.32. The highest BCUT2D eigenvalue weighted by atomic mass is 16.5. The number of para-hydroxylation sites is 1. The number of benzene rings is 3. The summed E-state index contributed by atoms with van der Waals surface area (Å²) in [6.45, 7) is 5.79. The topological polar surface area (TPSA) is 85.4 Å². The number of hydrogen-bond acceptors (Lipinski definition) is 7. The van der Waals surface area contributed by atoms with Crippen LogP contribution in [-0.2, 0) is 11.3 Å². The molecule has 0 N–H and O–H groups in total. The lowest BCUT2D eigenvalue weighted by atomic mass is 10.1. The van der Waals surface area contributed by atoms with Crippen molar-refractivity contribution >= 4 is 21.8 Å². The smallest absolute Gasteiger partial charge is 0.162 e. The Morgan fingerprint density at radius 2 is 1.80 bits per heavy atom. The van der Waals surface area contributed by atoms with Crippen LogP contribution in [0, 0.1) is 11.3 Å². The second kappa shape index (κ2) is 11.7. The molecular formula is C32H31N5O3. The van der Waals surface area contributed by atoms with Gasteiger partial charge in [0.1, 0.15) is 6.33 Å². The predicted octanol–water partition coefficient (Wildman–Crippen LogP) is 5.28. The molecule has 3 aromatic carbocycles. The van der Waals surface area contributed by atoms with E-state index in [9.17, 15) is 0 Å². The molecule has 5 aromatic rings. The zero-order chi connectivity index (χ0) is 27.3. The van der Waals surface area contributed by atoms with Gasteiger partial charge in [-0.05, 0) is 36.2 Å². The van der Waals surface area contributed by atoms with Crippen LogP contribution in [0.3, 0.4) is 0 Å². The Morgan fingerprint density at radius 3 is 2.60 bits per heavy atom. The average molecular weight is 534 g/mol. The minimum Gasteiger partial charge on any atom is -0.493 e. The van der Waals surface area contributed by atoms with Gasteiger partial charge in [0, 0.05) is 60.3 Å². The molecule has 8 nitrogen and oxygen atoms in total. The number of morpholine rings is 1. The monoisotopic (exact) mass is 533 g/mol. The van der Waals surface area contributed by atoms with Crippen LogP contribution >= 0.6 is 0 Å². The minimum atomic E-state index is 0.589. The molecule has 40 heavy (non-hydrogen) atoms. The van der Waals surface area contributed by atoms with Gasteiger partial charge in [0.25, 0.3) is 0 Å². The van der Waals surface area contributed by atoms with Crippen LogP contribution in [0.5, 0.6) is 11.5 Å². The lowest BCUT2D eigenvalue weighted by Crippen LogP contribution is -2.37. The Hall–Kier alpha value is -4.45. The average Bonchev–Trinajstić information content (AvgIpc) is 3.37. The summed E-state index contributed by atoms with van der Waals surface area (Å²) in [4.78, 5) is 11.7. The molecule has 3 heterocycles. The van der Waals surface area contributed by atoms with E-state index in [2.05, 4.69) is 38.8 Å². The van der Waals surface area contributed by atoms with Gasteiger partial charge < -0.3 is 18.8 Å². The number of rotatable bonds is 9. The largest absolute Gasteiger partial charge is 0.493 e. The molecule has 202 valence electrons. The first kappa shape index (κ1) is 25.8. The molecule has 0 bridgehead atoms. The van der Waals surface area contributed by atoms with Gasteiger partial charge >= 0.3 is 0 Å². The molecule has 0 atom stereocenters. The summed E-state index contributed by atoms with van der Waals surface area (Å²) in [6, 6.07) is 22.2. The summed E-state index contributed by atoms with van der Waals surface area (Å²) in [5.74, 6) is 1.35. The van der Waals surface area contributed by atoms with Crippen molar-refractivity contribution in [2.45, 2.75) is 13.0 Å². The molecule has 0 saturated carbocycles. The van der Waals surface area contributed by atoms with Crippen LogP contribution in [0.1, 0.15) is 17.5 Å². The number of aromatic nitrogens is 3. The number of nitrogens with zero attached hydrogens (tertiary/aromatic N) is 5. The van der Waals surface area contributed by atoms with Crippen LogP contribution in [0.2, 0.25) is 0 Å². The van der Waals surface area contributed by atoms with Crippen LogP contribution in [-0.4, -0.2) is 66.0 Å². The number of nitriles is 1. The maximum atomic E-state index is 9.15. The van der Waals surface area contributed by atoms with E-state index >= 15 is 0 Å². The fraction of sp³-hybridized carbons (Fsp3) is 0.281. The van der Waals surface area contributed by atoms with E-state index in [0.29, 0.717) is 30.2 Å². The van der Waals surface area contributed by atoms with Crippen molar-refractivity contribution in [3.8, 4) is 28.8 Å². The standard InChI is InChI=1S/C32H31N5O3/c1-38-30-18-28-26(17-31(30)40-14-4-11-36-12-15-39-16-13-36)32(35-22-34-28)27-21-37(29-6-3-2-5-25(27)29)20-24-9-7-23(19-33)8-10-24/h2-3,5-10,17-18,21-22H,4,11-16,20H2,1H3. The van der Waals surface area contributed by atoms with Gasteiger partial charge in [-0.15, -0.1) is 0 Å². The predicted molar refractivity (Wildman–Crippen MR) is 155 cm³/mol. The van der Waals surface area contributed by atoms with E-state index in [1.165, 1.54) is 0 Å². The number of methoxy groups -OCH3 is 1. The van der Waals surface area contributed by atoms with Crippen molar-refractivity contribution in [1.29, 1.82) is 5.26 Å². The minimum absolute atomic E-state index is 0.589. The molecule has 0 spiro atoms. The zero-order valence-electron chi connectivity index (χ0n) is 22.5. The molecule has 8 heteroatoms. The molecule has 1 aliphatic heterocycles. The van der Waals surface area contributed by atoms with Crippen molar-refractivity contribution in [2.75, 3.05) is 46.6 Å². The third-order valence-electron chi connectivity index (χ3n) is 7.38. The lowest BCUT2D eigenvalue weighted by molar-refractivity contribution is 0.0357. The molecule has 1 saturated heterocycles. The summed E-state index contributed by atoms with van der Waals surface area (Å²) in [6.07, 6.45) is 4.67. The van der Waals surface area contributed by atoms with Crippen LogP contribution < -0.4 is 9.47 Å². The Kier molecular flexibility index (Phi) is 7.58. The van der Waals surface area contributed by atoms with E-state index in [1.807, 2.05) is 48.5 Å². The summed E-state index contributed by atoms with van der Waals surface area (Å²) in [5, 5.41) is 11.2. The molecule has 1 fully saturated rings. The van der Waals surface area contributed by atoms with Crippen LogP contribution in [0.15, 0.2) is 73.2 Å². The maximum absolute atomic E-state index is 9.15. The molecule has 1 aliphatic rings. The van der Waals surface area contributed by atoms with E-state index in [4.69, 9.17) is 24.5 Å². The summed E-state index contributed by atoms with van der Waals surface area (Å²) >= 11 is 0. The van der Waals surface area contributed by atoms with Gasteiger partial charge in [0.2, 0.25) is 0 Å². The third kappa shape index (κ3) is 5.34. The number of ether oxygens (including phenoxy) is 3. The van der Waals surface area contributed by atoms with Crippen molar-refractivity contribution in [3.05, 3.63) is 84.3 Å². The second-order valence-corrected chi connectivity index (χ2v) is 9.90. The van der Waals surface area contributed by atoms with Crippen molar-refractivity contribution < 1.29 is 14.2 Å². The Morgan fingerprint density at radius 1 is 0.975 bits per heavy atom. The second-order valence-electron chi connectivity index (χ2n) is 9.90. The molecule has 0 unspecified atom stereocenters. The SMILES string of the molecule is COc1cc2ncnc(-c3cn(Cc4ccc(C#N)cc4)c4ccccc34)c2cc1OCCCN1CCOCC1. The quantitative estimate of drug-likeness (QED) is 0.238. The molecule has 2 aromatic heterocycles. The summed E-state index contributed by atoms with van der Waals surface area (Å²) in [5.41, 5.74) is 5.56. The zero-order valence-corrected chi connectivity index (χ0v) is 22.5. The van der Waals surface area contributed by atoms with Gasteiger partial charge in [-0.3, -0.25) is 4.90 Å². The van der Waals surface area contributed by atoms with Gasteiger partial charge in [0.05, 0.1) is 49.8 Å². The summed E-state index contributed by atoms with van der Waals surface area (Å²) in [7, 11) is 1.65. The van der Waals surface area contributed by atoms with Crippen molar-refractivity contribution in [3.63, 3.8) is 0 Å². The van der Waals surface area contributed by atoms with Crippen LogP contribution in [0.25, 0.3) is 33.1 Å². The van der Waals surface area contributed by atoms with Crippen molar-refractivity contribution in [2.24, 2.45) is 0 Å². The lowest BCUT2D eigenvalue weighted by Gasteiger charge is -2.26. The first-order valence-corrected chi connectivity index (χ1v) is 13.6. The maximum Gasteiger partial charge on any atom is 0.162 e. The van der Waals surface area contributed by atoms with E-state index in [1.54, 1.807) is 13.4 Å². The first-order chi connectivity index (χ1) is 19.7. The molecule has 0 amide bonds. The molecule has 6 rings (SSSR count).